The van der Waals surface area contributed by atoms with Crippen LogP contribution in [0.5, 0.6) is 0 Å². The third-order valence-electron chi connectivity index (χ3n) is 3.91. The fraction of sp³-hybridized carbons (Fsp3) is 0.400. The van der Waals surface area contributed by atoms with Crippen LogP contribution in [0.25, 0.3) is 0 Å². The van der Waals surface area contributed by atoms with Crippen LogP contribution in [0.1, 0.15) is 12.0 Å². The summed E-state index contributed by atoms with van der Waals surface area (Å²) >= 11 is 0. The van der Waals surface area contributed by atoms with Gasteiger partial charge in [-0.15, -0.1) is 0 Å². The fourth-order valence-electron chi connectivity index (χ4n) is 2.52. The zero-order chi connectivity index (χ0) is 18.8. The molecule has 1 amide bonds. The van der Waals surface area contributed by atoms with Crippen LogP contribution < -0.4 is 10.0 Å². The molecule has 25 heavy (non-hydrogen) atoms. The average Bonchev–Trinajstić information content (AvgIpc) is 2.94. The first kappa shape index (κ1) is 18.9. The highest BCUT2D eigenvalue weighted by molar-refractivity contribution is 7.89. The van der Waals surface area contributed by atoms with E-state index in [2.05, 4.69) is 14.8 Å². The molecule has 10 heteroatoms. The van der Waals surface area contributed by atoms with Crippen molar-refractivity contribution in [3.63, 3.8) is 0 Å². The highest BCUT2D eigenvalue weighted by atomic mass is 32.2. The summed E-state index contributed by atoms with van der Waals surface area (Å²) in [7, 11) is -3.06. The van der Waals surface area contributed by atoms with Gasteiger partial charge in [0.1, 0.15) is 12.1 Å². The summed E-state index contributed by atoms with van der Waals surface area (Å²) in [4.78, 5) is 34.9. The molecule has 1 aromatic carbocycles. The van der Waals surface area contributed by atoms with Crippen LogP contribution in [0.15, 0.2) is 29.2 Å². The Balaban J connectivity index is 2.29. The smallest absolute Gasteiger partial charge is 0.326 e. The number of carboxylic acid groups (broad SMARTS) is 1. The average molecular weight is 370 g/mol. The van der Waals surface area contributed by atoms with Crippen molar-refractivity contribution < 1.29 is 32.6 Å². The minimum Gasteiger partial charge on any atom is -0.480 e. The zero-order valence-corrected chi connectivity index (χ0v) is 14.4. The molecule has 1 heterocycles. The van der Waals surface area contributed by atoms with Gasteiger partial charge >= 0.3 is 11.9 Å². The van der Waals surface area contributed by atoms with E-state index in [0.717, 1.165) is 12.7 Å². The van der Waals surface area contributed by atoms with Crippen LogP contribution in [0.2, 0.25) is 0 Å². The van der Waals surface area contributed by atoms with Crippen molar-refractivity contribution >= 4 is 27.9 Å². The van der Waals surface area contributed by atoms with Crippen molar-refractivity contribution in [1.82, 2.24) is 10.0 Å². The first-order valence-corrected chi connectivity index (χ1v) is 8.84. The Morgan fingerprint density at radius 3 is 2.40 bits per heavy atom. The molecular weight excluding hydrogens is 352 g/mol. The van der Waals surface area contributed by atoms with Gasteiger partial charge in [0.25, 0.3) is 0 Å². The lowest BCUT2D eigenvalue weighted by molar-refractivity contribution is -0.146. The SMILES string of the molecule is COC(=O)[C@@H](NS(=O)(=O)c1ccc(C)cc1)[C@H]1C[C@@H](C(=O)O)NC1=O. The number of ether oxygens (including phenoxy) is 1. The predicted molar refractivity (Wildman–Crippen MR) is 85.0 cm³/mol. The van der Waals surface area contributed by atoms with E-state index in [-0.39, 0.29) is 11.3 Å². The largest absolute Gasteiger partial charge is 0.480 e. The lowest BCUT2D eigenvalue weighted by Crippen LogP contribution is -2.48. The maximum Gasteiger partial charge on any atom is 0.326 e. The van der Waals surface area contributed by atoms with Gasteiger partial charge in [-0.3, -0.25) is 9.59 Å². The van der Waals surface area contributed by atoms with E-state index in [1.54, 1.807) is 19.1 Å². The minimum absolute atomic E-state index is 0.0832. The second-order valence-corrected chi connectivity index (χ2v) is 7.39. The predicted octanol–water partition coefficient (Wildman–Crippen LogP) is -0.596. The minimum atomic E-state index is -4.11. The molecule has 0 aliphatic carbocycles. The van der Waals surface area contributed by atoms with Crippen LogP contribution in [0, 0.1) is 12.8 Å². The van der Waals surface area contributed by atoms with Gasteiger partial charge in [-0.05, 0) is 25.5 Å². The van der Waals surface area contributed by atoms with Crippen LogP contribution in [-0.2, 0) is 29.1 Å². The molecule has 3 atom stereocenters. The van der Waals surface area contributed by atoms with Crippen molar-refractivity contribution in [2.45, 2.75) is 30.3 Å². The quantitative estimate of drug-likeness (QED) is 0.569. The molecule has 0 saturated carbocycles. The zero-order valence-electron chi connectivity index (χ0n) is 13.6. The molecule has 0 spiro atoms. The Morgan fingerprint density at radius 2 is 1.92 bits per heavy atom. The normalized spacial score (nSPS) is 21.4. The number of esters is 1. The topological polar surface area (TPSA) is 139 Å². The first-order chi connectivity index (χ1) is 11.7. The number of carboxylic acids is 1. The van der Waals surface area contributed by atoms with E-state index >= 15 is 0 Å². The van der Waals surface area contributed by atoms with Gasteiger partial charge in [0.2, 0.25) is 15.9 Å². The summed E-state index contributed by atoms with van der Waals surface area (Å²) < 4.78 is 31.7. The number of benzene rings is 1. The van der Waals surface area contributed by atoms with Crippen LogP contribution >= 0.6 is 0 Å². The molecule has 9 nitrogen and oxygen atoms in total. The Hall–Kier alpha value is -2.46. The maximum atomic E-state index is 12.5. The van der Waals surface area contributed by atoms with Crippen molar-refractivity contribution in [1.29, 1.82) is 0 Å². The van der Waals surface area contributed by atoms with Gasteiger partial charge < -0.3 is 15.2 Å². The number of carbonyl (C=O) groups is 3. The maximum absolute atomic E-state index is 12.5. The van der Waals surface area contributed by atoms with E-state index in [1.165, 1.54) is 12.1 Å². The van der Waals surface area contributed by atoms with Gasteiger partial charge in [-0.1, -0.05) is 17.7 Å². The third kappa shape index (κ3) is 4.15. The van der Waals surface area contributed by atoms with Gasteiger partial charge in [0.05, 0.1) is 17.9 Å². The van der Waals surface area contributed by atoms with Crippen molar-refractivity contribution in [3.05, 3.63) is 29.8 Å². The number of aryl methyl sites for hydroxylation is 1. The first-order valence-electron chi connectivity index (χ1n) is 7.35. The lowest BCUT2D eigenvalue weighted by Gasteiger charge is -2.20. The third-order valence-corrected chi connectivity index (χ3v) is 5.37. The van der Waals surface area contributed by atoms with E-state index in [9.17, 15) is 22.8 Å². The molecule has 2 rings (SSSR count). The number of sulfonamides is 1. The molecule has 0 aromatic heterocycles. The van der Waals surface area contributed by atoms with E-state index in [4.69, 9.17) is 5.11 Å². The van der Waals surface area contributed by atoms with Crippen LogP contribution in [0.4, 0.5) is 0 Å². The van der Waals surface area contributed by atoms with Crippen molar-refractivity contribution in [3.8, 4) is 0 Å². The summed E-state index contributed by atoms with van der Waals surface area (Å²) in [5, 5.41) is 11.2. The number of aliphatic carboxylic acids is 1. The molecule has 1 aliphatic heterocycles. The van der Waals surface area contributed by atoms with Crippen LogP contribution in [-0.4, -0.2) is 50.6 Å². The number of methoxy groups -OCH3 is 1. The number of amides is 1. The van der Waals surface area contributed by atoms with Gasteiger partial charge in [0.15, 0.2) is 0 Å². The Bertz CT molecular complexity index is 789. The van der Waals surface area contributed by atoms with Crippen molar-refractivity contribution in [2.75, 3.05) is 7.11 Å². The van der Waals surface area contributed by atoms with Crippen LogP contribution in [0.3, 0.4) is 0 Å². The highest BCUT2D eigenvalue weighted by Crippen LogP contribution is 2.22. The molecule has 1 fully saturated rings. The Morgan fingerprint density at radius 1 is 1.32 bits per heavy atom. The number of rotatable bonds is 6. The molecule has 1 aliphatic rings. The second-order valence-electron chi connectivity index (χ2n) is 5.68. The molecule has 1 aromatic rings. The standard InChI is InChI=1S/C15H18N2O7S/c1-8-3-5-9(6-4-8)25(22,23)17-12(15(21)24-2)10-7-11(14(19)20)16-13(10)18/h3-6,10-12,17H,7H2,1-2H3,(H,16,18)(H,19,20)/t10-,11+,12+/m1/s1. The number of carbonyl (C=O) groups excluding carboxylic acids is 2. The number of hydrogen-bond donors (Lipinski definition) is 3. The summed E-state index contributed by atoms with van der Waals surface area (Å²) in [5.74, 6) is -4.15. The Labute approximate surface area is 144 Å². The molecule has 0 bridgehead atoms. The molecule has 1 saturated heterocycles. The van der Waals surface area contributed by atoms with Gasteiger partial charge in [0, 0.05) is 0 Å². The van der Waals surface area contributed by atoms with Gasteiger partial charge in [-0.25, -0.2) is 13.2 Å². The summed E-state index contributed by atoms with van der Waals surface area (Å²) in [6.07, 6.45) is -0.232. The van der Waals surface area contributed by atoms with Crippen molar-refractivity contribution in [2.24, 2.45) is 5.92 Å². The van der Waals surface area contributed by atoms with E-state index < -0.39 is 45.9 Å². The molecule has 3 N–H and O–H groups in total. The molecular formula is C15H18N2O7S. The monoisotopic (exact) mass is 370 g/mol. The molecule has 0 unspecified atom stereocenters. The van der Waals surface area contributed by atoms with E-state index in [1.807, 2.05) is 0 Å². The number of nitrogens with one attached hydrogen (secondary N) is 2. The lowest BCUT2D eigenvalue weighted by atomic mass is 9.97. The van der Waals surface area contributed by atoms with Gasteiger partial charge in [-0.2, -0.15) is 4.72 Å². The van der Waals surface area contributed by atoms with E-state index in [0.29, 0.717) is 0 Å². The summed E-state index contributed by atoms with van der Waals surface area (Å²) in [6, 6.07) is 3.19. The second kappa shape index (κ2) is 7.19. The molecule has 136 valence electrons. The summed E-state index contributed by atoms with van der Waals surface area (Å²) in [6.45, 7) is 1.79. The Kier molecular flexibility index (Phi) is 5.43. The number of hydrogen-bond acceptors (Lipinski definition) is 6. The highest BCUT2D eigenvalue weighted by Gasteiger charge is 2.45. The molecule has 0 radical (unpaired) electrons. The summed E-state index contributed by atoms with van der Waals surface area (Å²) in [5.41, 5.74) is 0.850. The fourth-order valence-corrected chi connectivity index (χ4v) is 3.75.